The van der Waals surface area contributed by atoms with Gasteiger partial charge in [0.2, 0.25) is 0 Å². The number of piperidine rings is 1. The van der Waals surface area contributed by atoms with Crippen molar-refractivity contribution in [3.05, 3.63) is 0 Å². The first-order chi connectivity index (χ1) is 5.17. The summed E-state index contributed by atoms with van der Waals surface area (Å²) in [6.45, 7) is 3.33. The molecule has 0 radical (unpaired) electrons. The van der Waals surface area contributed by atoms with Crippen LogP contribution in [-0.2, 0) is 9.84 Å². The Morgan fingerprint density at radius 3 is 2.73 bits per heavy atom. The molecule has 4 heteroatoms. The summed E-state index contributed by atoms with van der Waals surface area (Å²) < 4.78 is 22.6. The van der Waals surface area contributed by atoms with Gasteiger partial charge < -0.3 is 5.32 Å². The Kier molecular flexibility index (Phi) is 2.90. The van der Waals surface area contributed by atoms with Crippen LogP contribution in [0.4, 0.5) is 0 Å². The summed E-state index contributed by atoms with van der Waals surface area (Å²) in [5.74, 6) is 0.277. The molecule has 1 rings (SSSR count). The molecule has 11 heavy (non-hydrogen) atoms. The van der Waals surface area contributed by atoms with Crippen LogP contribution in [0.25, 0.3) is 0 Å². The van der Waals surface area contributed by atoms with E-state index in [9.17, 15) is 8.42 Å². The molecule has 1 heterocycles. The second-order valence-electron chi connectivity index (χ2n) is 2.92. The summed E-state index contributed by atoms with van der Waals surface area (Å²) in [7, 11) is -2.78. The second-order valence-corrected chi connectivity index (χ2v) is 5.49. The summed E-state index contributed by atoms with van der Waals surface area (Å²) in [6.07, 6.45) is 1.83. The molecule has 1 aliphatic rings. The predicted octanol–water partition coefficient (Wildman–Crippen LogP) is 0.173. The Bertz CT molecular complexity index is 204. The van der Waals surface area contributed by atoms with Gasteiger partial charge in [-0.2, -0.15) is 0 Å². The van der Waals surface area contributed by atoms with E-state index < -0.39 is 9.84 Å². The van der Waals surface area contributed by atoms with Crippen molar-refractivity contribution < 1.29 is 8.42 Å². The molecule has 0 amide bonds. The van der Waals surface area contributed by atoms with E-state index in [0.29, 0.717) is 6.54 Å². The first-order valence-electron chi connectivity index (χ1n) is 4.09. The van der Waals surface area contributed by atoms with Crippen molar-refractivity contribution in [2.24, 2.45) is 0 Å². The number of nitrogens with one attached hydrogen (secondary N) is 1. The third-order valence-corrected chi connectivity index (χ3v) is 4.38. The molecule has 3 nitrogen and oxygen atoms in total. The highest BCUT2D eigenvalue weighted by molar-refractivity contribution is 7.92. The van der Waals surface area contributed by atoms with Crippen LogP contribution in [-0.4, -0.2) is 32.5 Å². The number of hydrogen-bond donors (Lipinski definition) is 1. The van der Waals surface area contributed by atoms with Gasteiger partial charge in [-0.1, -0.05) is 6.92 Å². The number of rotatable bonds is 2. The van der Waals surface area contributed by atoms with Crippen molar-refractivity contribution in [2.75, 3.05) is 18.8 Å². The maximum atomic E-state index is 11.3. The standard InChI is InChI=1S/C7H15NO2S/c1-2-11(9,10)7-4-3-5-8-6-7/h7-8H,2-6H2,1H3/t7-/m1/s1. The molecule has 1 aliphatic heterocycles. The van der Waals surface area contributed by atoms with Crippen LogP contribution in [0.15, 0.2) is 0 Å². The van der Waals surface area contributed by atoms with E-state index in [1.807, 2.05) is 0 Å². The summed E-state index contributed by atoms with van der Waals surface area (Å²) in [4.78, 5) is 0. The maximum Gasteiger partial charge on any atom is 0.154 e. The number of sulfone groups is 1. The zero-order valence-corrected chi connectivity index (χ0v) is 7.65. The van der Waals surface area contributed by atoms with E-state index in [0.717, 1.165) is 19.4 Å². The van der Waals surface area contributed by atoms with Gasteiger partial charge in [0, 0.05) is 12.3 Å². The van der Waals surface area contributed by atoms with E-state index in [4.69, 9.17) is 0 Å². The van der Waals surface area contributed by atoms with Gasteiger partial charge in [-0.15, -0.1) is 0 Å². The van der Waals surface area contributed by atoms with Gasteiger partial charge in [-0.05, 0) is 19.4 Å². The molecule has 0 aliphatic carbocycles. The highest BCUT2D eigenvalue weighted by atomic mass is 32.2. The zero-order valence-electron chi connectivity index (χ0n) is 6.84. The molecule has 0 aromatic rings. The van der Waals surface area contributed by atoms with Crippen LogP contribution in [0.1, 0.15) is 19.8 Å². The van der Waals surface area contributed by atoms with Gasteiger partial charge in [-0.25, -0.2) is 8.42 Å². The van der Waals surface area contributed by atoms with E-state index in [1.54, 1.807) is 6.92 Å². The highest BCUT2D eigenvalue weighted by Crippen LogP contribution is 2.11. The molecule has 0 aromatic carbocycles. The van der Waals surface area contributed by atoms with Gasteiger partial charge >= 0.3 is 0 Å². The Morgan fingerprint density at radius 1 is 1.55 bits per heavy atom. The van der Waals surface area contributed by atoms with Crippen molar-refractivity contribution in [1.29, 1.82) is 0 Å². The van der Waals surface area contributed by atoms with Gasteiger partial charge in [0.1, 0.15) is 0 Å². The molecule has 0 aromatic heterocycles. The largest absolute Gasteiger partial charge is 0.315 e. The summed E-state index contributed by atoms with van der Waals surface area (Å²) in [5, 5.41) is 2.97. The van der Waals surface area contributed by atoms with E-state index in [1.165, 1.54) is 0 Å². The van der Waals surface area contributed by atoms with Crippen molar-refractivity contribution in [3.8, 4) is 0 Å². The topological polar surface area (TPSA) is 46.2 Å². The SMILES string of the molecule is CCS(=O)(=O)[C@@H]1CCCNC1. The predicted molar refractivity (Wildman–Crippen MR) is 45.4 cm³/mol. The molecular formula is C7H15NO2S. The lowest BCUT2D eigenvalue weighted by atomic mass is 10.2. The van der Waals surface area contributed by atoms with E-state index in [2.05, 4.69) is 5.32 Å². The third-order valence-electron chi connectivity index (χ3n) is 2.16. The Morgan fingerprint density at radius 2 is 2.27 bits per heavy atom. The quantitative estimate of drug-likeness (QED) is 0.654. The second kappa shape index (κ2) is 3.54. The molecule has 66 valence electrons. The fourth-order valence-electron chi connectivity index (χ4n) is 1.36. The molecule has 1 saturated heterocycles. The molecule has 0 spiro atoms. The van der Waals surface area contributed by atoms with Crippen LogP contribution >= 0.6 is 0 Å². The molecule has 0 unspecified atom stereocenters. The minimum absolute atomic E-state index is 0.124. The van der Waals surface area contributed by atoms with E-state index >= 15 is 0 Å². The molecule has 0 saturated carbocycles. The smallest absolute Gasteiger partial charge is 0.154 e. The molecule has 0 bridgehead atoms. The average molecular weight is 177 g/mol. The maximum absolute atomic E-state index is 11.3. The van der Waals surface area contributed by atoms with Gasteiger partial charge in [0.15, 0.2) is 9.84 Å². The minimum atomic E-state index is -2.78. The lowest BCUT2D eigenvalue weighted by Gasteiger charge is -2.21. The summed E-state index contributed by atoms with van der Waals surface area (Å²) >= 11 is 0. The monoisotopic (exact) mass is 177 g/mol. The fourth-order valence-corrected chi connectivity index (χ4v) is 2.73. The molecule has 1 N–H and O–H groups in total. The van der Waals surface area contributed by atoms with Crippen LogP contribution in [0.2, 0.25) is 0 Å². The first kappa shape index (κ1) is 9.00. The fraction of sp³-hybridized carbons (Fsp3) is 1.00. The first-order valence-corrected chi connectivity index (χ1v) is 5.80. The molecule has 1 fully saturated rings. The Balaban J connectivity index is 2.58. The summed E-state index contributed by atoms with van der Waals surface area (Å²) in [5.41, 5.74) is 0. The molecular weight excluding hydrogens is 162 g/mol. The van der Waals surface area contributed by atoms with Crippen LogP contribution in [0.5, 0.6) is 0 Å². The minimum Gasteiger partial charge on any atom is -0.315 e. The van der Waals surface area contributed by atoms with Crippen LogP contribution in [0, 0.1) is 0 Å². The molecule has 1 atom stereocenters. The summed E-state index contributed by atoms with van der Waals surface area (Å²) in [6, 6.07) is 0. The third kappa shape index (κ3) is 2.17. The lowest BCUT2D eigenvalue weighted by Crippen LogP contribution is -2.39. The zero-order chi connectivity index (χ0) is 8.32. The van der Waals surface area contributed by atoms with Crippen molar-refractivity contribution >= 4 is 9.84 Å². The Labute approximate surface area is 68.1 Å². The Hall–Kier alpha value is -0.0900. The van der Waals surface area contributed by atoms with Crippen molar-refractivity contribution in [2.45, 2.75) is 25.0 Å². The average Bonchev–Trinajstić information content (AvgIpc) is 2.06. The lowest BCUT2D eigenvalue weighted by molar-refractivity contribution is 0.497. The normalized spacial score (nSPS) is 26.8. The van der Waals surface area contributed by atoms with Gasteiger partial charge in [-0.3, -0.25) is 0 Å². The van der Waals surface area contributed by atoms with Crippen molar-refractivity contribution in [3.63, 3.8) is 0 Å². The van der Waals surface area contributed by atoms with Crippen LogP contribution in [0.3, 0.4) is 0 Å². The number of hydrogen-bond acceptors (Lipinski definition) is 3. The highest BCUT2D eigenvalue weighted by Gasteiger charge is 2.24. The van der Waals surface area contributed by atoms with Crippen molar-refractivity contribution in [1.82, 2.24) is 5.32 Å². The van der Waals surface area contributed by atoms with Gasteiger partial charge in [0.05, 0.1) is 5.25 Å². The van der Waals surface area contributed by atoms with Crippen LogP contribution < -0.4 is 5.32 Å². The van der Waals surface area contributed by atoms with Gasteiger partial charge in [0.25, 0.3) is 0 Å². The van der Waals surface area contributed by atoms with E-state index in [-0.39, 0.29) is 11.0 Å².